The smallest absolute Gasteiger partial charge is 0.258 e. The number of carbonyl (C=O) groups excluding carboxylic acids is 1. The number of rotatable bonds is 5. The normalized spacial score (nSPS) is 9.95. The van der Waals surface area contributed by atoms with Gasteiger partial charge in [0.05, 0.1) is 0 Å². The third-order valence-corrected chi connectivity index (χ3v) is 2.42. The van der Waals surface area contributed by atoms with E-state index in [4.69, 9.17) is 4.74 Å². The first kappa shape index (κ1) is 13.0. The molecule has 5 heteroatoms. The molecule has 0 aliphatic heterocycles. The molecule has 98 valence electrons. The molecule has 2 rings (SSSR count). The SMILES string of the molecule is O=C(COc1ccc(F)cc1)NCc1ccncc1. The predicted molar refractivity (Wildman–Crippen MR) is 68.0 cm³/mol. The molecule has 0 spiro atoms. The monoisotopic (exact) mass is 260 g/mol. The van der Waals surface area contributed by atoms with Gasteiger partial charge in [0.15, 0.2) is 6.61 Å². The Labute approximate surface area is 110 Å². The standard InChI is InChI=1S/C14H13FN2O2/c15-12-1-3-13(4-2-12)19-10-14(18)17-9-11-5-7-16-8-6-11/h1-8H,9-10H2,(H,17,18). The van der Waals surface area contributed by atoms with E-state index in [-0.39, 0.29) is 18.3 Å². The number of hydrogen-bond donors (Lipinski definition) is 1. The van der Waals surface area contributed by atoms with Crippen LogP contribution in [0.5, 0.6) is 5.75 Å². The molecule has 0 radical (unpaired) electrons. The summed E-state index contributed by atoms with van der Waals surface area (Å²) in [5, 5.41) is 2.71. The van der Waals surface area contributed by atoms with Gasteiger partial charge in [-0.15, -0.1) is 0 Å². The maximum atomic E-state index is 12.7. The quantitative estimate of drug-likeness (QED) is 0.893. The summed E-state index contributed by atoms with van der Waals surface area (Å²) >= 11 is 0. The van der Waals surface area contributed by atoms with Crippen molar-refractivity contribution in [2.45, 2.75) is 6.54 Å². The molecular weight excluding hydrogens is 247 g/mol. The number of benzene rings is 1. The molecule has 0 saturated carbocycles. The Balaban J connectivity index is 1.74. The second-order valence-corrected chi connectivity index (χ2v) is 3.87. The maximum Gasteiger partial charge on any atom is 0.258 e. The first-order chi connectivity index (χ1) is 9.24. The van der Waals surface area contributed by atoms with Gasteiger partial charge < -0.3 is 10.1 Å². The van der Waals surface area contributed by atoms with Crippen molar-refractivity contribution in [3.63, 3.8) is 0 Å². The molecule has 0 bridgehead atoms. The van der Waals surface area contributed by atoms with Crippen LogP contribution >= 0.6 is 0 Å². The average Bonchev–Trinajstić information content (AvgIpc) is 2.45. The van der Waals surface area contributed by atoms with Crippen LogP contribution < -0.4 is 10.1 Å². The molecule has 1 N–H and O–H groups in total. The largest absolute Gasteiger partial charge is 0.484 e. The molecule has 19 heavy (non-hydrogen) atoms. The highest BCUT2D eigenvalue weighted by atomic mass is 19.1. The van der Waals surface area contributed by atoms with E-state index in [9.17, 15) is 9.18 Å². The van der Waals surface area contributed by atoms with Gasteiger partial charge in [0.2, 0.25) is 0 Å². The van der Waals surface area contributed by atoms with Crippen molar-refractivity contribution in [3.8, 4) is 5.75 Å². The maximum absolute atomic E-state index is 12.7. The Bertz CT molecular complexity index is 529. The number of nitrogens with zero attached hydrogens (tertiary/aromatic N) is 1. The van der Waals surface area contributed by atoms with E-state index >= 15 is 0 Å². The third-order valence-electron chi connectivity index (χ3n) is 2.42. The van der Waals surface area contributed by atoms with Gasteiger partial charge in [-0.1, -0.05) is 0 Å². The minimum atomic E-state index is -0.338. The molecule has 1 aromatic carbocycles. The summed E-state index contributed by atoms with van der Waals surface area (Å²) in [7, 11) is 0. The van der Waals surface area contributed by atoms with Gasteiger partial charge in [-0.3, -0.25) is 9.78 Å². The number of carbonyl (C=O) groups is 1. The van der Waals surface area contributed by atoms with Gasteiger partial charge in [-0.2, -0.15) is 0 Å². The topological polar surface area (TPSA) is 51.2 Å². The lowest BCUT2D eigenvalue weighted by Gasteiger charge is -2.07. The van der Waals surface area contributed by atoms with Crippen LogP contribution in [0, 0.1) is 5.82 Å². The Morgan fingerprint density at radius 2 is 1.84 bits per heavy atom. The molecule has 1 amide bonds. The zero-order chi connectivity index (χ0) is 13.5. The van der Waals surface area contributed by atoms with Gasteiger partial charge >= 0.3 is 0 Å². The average molecular weight is 260 g/mol. The van der Waals surface area contributed by atoms with Crippen LogP contribution in [0.25, 0.3) is 0 Å². The Kier molecular flexibility index (Phi) is 4.44. The van der Waals surface area contributed by atoms with Gasteiger partial charge in [0, 0.05) is 18.9 Å². The number of amides is 1. The van der Waals surface area contributed by atoms with E-state index in [1.165, 1.54) is 24.3 Å². The second-order valence-electron chi connectivity index (χ2n) is 3.87. The lowest BCUT2D eigenvalue weighted by Crippen LogP contribution is -2.28. The number of pyridine rings is 1. The van der Waals surface area contributed by atoms with Crippen LogP contribution in [0.2, 0.25) is 0 Å². The highest BCUT2D eigenvalue weighted by Crippen LogP contribution is 2.10. The van der Waals surface area contributed by atoms with Crippen molar-refractivity contribution in [2.75, 3.05) is 6.61 Å². The minimum Gasteiger partial charge on any atom is -0.484 e. The van der Waals surface area contributed by atoms with Crippen molar-refractivity contribution < 1.29 is 13.9 Å². The van der Waals surface area contributed by atoms with Crippen molar-refractivity contribution in [1.29, 1.82) is 0 Å². The van der Waals surface area contributed by atoms with Crippen molar-refractivity contribution in [2.24, 2.45) is 0 Å². The zero-order valence-electron chi connectivity index (χ0n) is 10.2. The molecule has 0 atom stereocenters. The van der Waals surface area contributed by atoms with Gasteiger partial charge in [0.25, 0.3) is 5.91 Å². The van der Waals surface area contributed by atoms with E-state index in [0.717, 1.165) is 5.56 Å². The molecule has 4 nitrogen and oxygen atoms in total. The molecule has 0 aliphatic carbocycles. The summed E-state index contributed by atoms with van der Waals surface area (Å²) in [4.78, 5) is 15.4. The molecule has 2 aromatic rings. The molecule has 0 fully saturated rings. The van der Waals surface area contributed by atoms with Crippen LogP contribution in [0.1, 0.15) is 5.56 Å². The molecule has 0 aliphatic rings. The number of hydrogen-bond acceptors (Lipinski definition) is 3. The lowest BCUT2D eigenvalue weighted by atomic mass is 10.3. The molecule has 0 saturated heterocycles. The van der Waals surface area contributed by atoms with Crippen LogP contribution in [0.3, 0.4) is 0 Å². The fourth-order valence-electron chi connectivity index (χ4n) is 1.43. The molecular formula is C14H13FN2O2. The molecule has 1 aromatic heterocycles. The zero-order valence-corrected chi connectivity index (χ0v) is 10.2. The fraction of sp³-hybridized carbons (Fsp3) is 0.143. The first-order valence-corrected chi connectivity index (χ1v) is 5.78. The van der Waals surface area contributed by atoms with Gasteiger partial charge in [-0.05, 0) is 42.0 Å². The summed E-state index contributed by atoms with van der Waals surface area (Å²) in [5.41, 5.74) is 0.963. The summed E-state index contributed by atoms with van der Waals surface area (Å²) in [6.45, 7) is 0.324. The highest BCUT2D eigenvalue weighted by Gasteiger charge is 2.02. The van der Waals surface area contributed by atoms with Crippen LogP contribution in [0.15, 0.2) is 48.8 Å². The van der Waals surface area contributed by atoms with Crippen molar-refractivity contribution in [1.82, 2.24) is 10.3 Å². The first-order valence-electron chi connectivity index (χ1n) is 5.78. The number of aromatic nitrogens is 1. The minimum absolute atomic E-state index is 0.100. The van der Waals surface area contributed by atoms with Crippen LogP contribution in [0.4, 0.5) is 4.39 Å². The fourth-order valence-corrected chi connectivity index (χ4v) is 1.43. The van der Waals surface area contributed by atoms with Crippen LogP contribution in [-0.4, -0.2) is 17.5 Å². The third kappa shape index (κ3) is 4.39. The lowest BCUT2D eigenvalue weighted by molar-refractivity contribution is -0.123. The number of halogens is 1. The second kappa shape index (κ2) is 6.49. The van der Waals surface area contributed by atoms with Gasteiger partial charge in [-0.25, -0.2) is 4.39 Å². The summed E-state index contributed by atoms with van der Waals surface area (Å²) in [5.74, 6) is -0.115. The summed E-state index contributed by atoms with van der Waals surface area (Å²) in [6, 6.07) is 9.16. The number of nitrogens with one attached hydrogen (secondary N) is 1. The number of ether oxygens (including phenoxy) is 1. The van der Waals surface area contributed by atoms with E-state index < -0.39 is 0 Å². The summed E-state index contributed by atoms with van der Waals surface area (Å²) < 4.78 is 17.9. The predicted octanol–water partition coefficient (Wildman–Crippen LogP) is 1.92. The van der Waals surface area contributed by atoms with E-state index in [0.29, 0.717) is 12.3 Å². The Hall–Kier alpha value is -2.43. The van der Waals surface area contributed by atoms with E-state index in [1.807, 2.05) is 12.1 Å². The van der Waals surface area contributed by atoms with E-state index in [1.54, 1.807) is 12.4 Å². The van der Waals surface area contributed by atoms with Crippen molar-refractivity contribution in [3.05, 3.63) is 60.2 Å². The highest BCUT2D eigenvalue weighted by molar-refractivity contribution is 5.77. The van der Waals surface area contributed by atoms with E-state index in [2.05, 4.69) is 10.3 Å². The van der Waals surface area contributed by atoms with Gasteiger partial charge in [0.1, 0.15) is 11.6 Å². The Morgan fingerprint density at radius 1 is 1.16 bits per heavy atom. The molecule has 1 heterocycles. The van der Waals surface area contributed by atoms with Crippen LogP contribution in [-0.2, 0) is 11.3 Å². The molecule has 0 unspecified atom stereocenters. The van der Waals surface area contributed by atoms with Crippen molar-refractivity contribution >= 4 is 5.91 Å². The summed E-state index contributed by atoms with van der Waals surface area (Å²) in [6.07, 6.45) is 3.33. The Morgan fingerprint density at radius 3 is 2.53 bits per heavy atom.